The van der Waals surface area contributed by atoms with Crippen molar-refractivity contribution in [2.75, 3.05) is 18.4 Å². The fourth-order valence-electron chi connectivity index (χ4n) is 2.51. The van der Waals surface area contributed by atoms with Crippen molar-refractivity contribution in [3.8, 4) is 0 Å². The molecule has 2 unspecified atom stereocenters. The molecule has 3 rings (SSSR count). The first-order chi connectivity index (χ1) is 9.43. The Balaban J connectivity index is 1.36. The predicted molar refractivity (Wildman–Crippen MR) is 80.5 cm³/mol. The van der Waals surface area contributed by atoms with Gasteiger partial charge in [-0.2, -0.15) is 0 Å². The highest BCUT2D eigenvalue weighted by molar-refractivity contribution is 5.42. The average molecular weight is 252 g/mol. The summed E-state index contributed by atoms with van der Waals surface area (Å²) >= 11 is 0. The van der Waals surface area contributed by atoms with Crippen LogP contribution in [0.25, 0.3) is 0 Å². The van der Waals surface area contributed by atoms with Gasteiger partial charge in [-0.05, 0) is 24.1 Å². The number of nitrogens with one attached hydrogen (secondary N) is 2. The summed E-state index contributed by atoms with van der Waals surface area (Å²) in [5.74, 6) is 0.720. The van der Waals surface area contributed by atoms with Gasteiger partial charge in [-0.1, -0.05) is 48.5 Å². The van der Waals surface area contributed by atoms with Crippen molar-refractivity contribution in [2.45, 2.75) is 18.4 Å². The molecular weight excluding hydrogens is 232 g/mol. The number of rotatable bonds is 6. The van der Waals surface area contributed by atoms with Crippen LogP contribution in [0.15, 0.2) is 60.7 Å². The molecule has 19 heavy (non-hydrogen) atoms. The fraction of sp³-hybridized carbons (Fsp3) is 0.294. The first kappa shape index (κ1) is 12.2. The van der Waals surface area contributed by atoms with Crippen LogP contribution in [0.2, 0.25) is 0 Å². The van der Waals surface area contributed by atoms with Crippen LogP contribution in [-0.2, 0) is 0 Å². The third-order valence-electron chi connectivity index (χ3n) is 3.65. The molecular formula is C17H20N2. The first-order valence-electron chi connectivity index (χ1n) is 7.01. The molecule has 0 heterocycles. The molecule has 98 valence electrons. The summed E-state index contributed by atoms with van der Waals surface area (Å²) in [6.07, 6.45) is 1.27. The number of hydrogen-bond donors (Lipinski definition) is 2. The molecule has 2 heteroatoms. The van der Waals surface area contributed by atoms with E-state index < -0.39 is 0 Å². The van der Waals surface area contributed by atoms with E-state index in [1.807, 2.05) is 6.07 Å². The molecule has 0 radical (unpaired) electrons. The Morgan fingerprint density at radius 3 is 2.26 bits per heavy atom. The number of benzene rings is 2. The minimum Gasteiger partial charge on any atom is -0.384 e. The lowest BCUT2D eigenvalue weighted by Crippen LogP contribution is -2.25. The van der Waals surface area contributed by atoms with E-state index >= 15 is 0 Å². The van der Waals surface area contributed by atoms with E-state index in [9.17, 15) is 0 Å². The van der Waals surface area contributed by atoms with Gasteiger partial charge in [0.25, 0.3) is 0 Å². The van der Waals surface area contributed by atoms with E-state index in [0.717, 1.165) is 19.0 Å². The molecule has 2 N–H and O–H groups in total. The highest BCUT2D eigenvalue weighted by Gasteiger charge is 2.37. The molecule has 2 nitrogen and oxygen atoms in total. The molecule has 0 aromatic heterocycles. The third-order valence-corrected chi connectivity index (χ3v) is 3.65. The van der Waals surface area contributed by atoms with E-state index in [-0.39, 0.29) is 0 Å². The summed E-state index contributed by atoms with van der Waals surface area (Å²) in [5.41, 5.74) is 2.66. The van der Waals surface area contributed by atoms with Crippen molar-refractivity contribution in [1.29, 1.82) is 0 Å². The molecule has 2 aromatic rings. The Morgan fingerprint density at radius 1 is 0.842 bits per heavy atom. The highest BCUT2D eigenvalue weighted by atomic mass is 15.0. The average Bonchev–Trinajstić information content (AvgIpc) is 3.25. The molecule has 0 saturated heterocycles. The first-order valence-corrected chi connectivity index (χ1v) is 7.01. The van der Waals surface area contributed by atoms with Crippen LogP contribution in [0.5, 0.6) is 0 Å². The van der Waals surface area contributed by atoms with Crippen molar-refractivity contribution < 1.29 is 0 Å². The van der Waals surface area contributed by atoms with Gasteiger partial charge in [0.15, 0.2) is 0 Å². The standard InChI is InChI=1S/C17H20N2/c1-3-7-14(8-4-1)16-13-17(16)19-12-11-18-15-9-5-2-6-10-15/h1-10,16-19H,11-13H2. The zero-order chi connectivity index (χ0) is 12.9. The summed E-state index contributed by atoms with van der Waals surface area (Å²) < 4.78 is 0. The summed E-state index contributed by atoms with van der Waals surface area (Å²) in [5, 5.41) is 7.03. The Hall–Kier alpha value is -1.80. The second-order valence-electron chi connectivity index (χ2n) is 5.11. The van der Waals surface area contributed by atoms with Gasteiger partial charge in [-0.3, -0.25) is 0 Å². The number of para-hydroxylation sites is 1. The summed E-state index contributed by atoms with van der Waals surface area (Å²) in [6, 6.07) is 21.8. The van der Waals surface area contributed by atoms with Crippen LogP contribution in [0.1, 0.15) is 17.9 Å². The zero-order valence-corrected chi connectivity index (χ0v) is 11.0. The molecule has 1 aliphatic rings. The third kappa shape index (κ3) is 3.36. The molecule has 0 bridgehead atoms. The zero-order valence-electron chi connectivity index (χ0n) is 11.0. The van der Waals surface area contributed by atoms with Crippen LogP contribution in [0, 0.1) is 0 Å². The molecule has 2 atom stereocenters. The smallest absolute Gasteiger partial charge is 0.0340 e. The van der Waals surface area contributed by atoms with Crippen molar-refractivity contribution in [3.63, 3.8) is 0 Å². The van der Waals surface area contributed by atoms with E-state index in [1.165, 1.54) is 17.7 Å². The molecule has 1 saturated carbocycles. The number of anilines is 1. The molecule has 0 amide bonds. The van der Waals surface area contributed by atoms with Crippen LogP contribution < -0.4 is 10.6 Å². The minimum atomic E-state index is 0.667. The summed E-state index contributed by atoms with van der Waals surface area (Å²) in [7, 11) is 0. The van der Waals surface area contributed by atoms with E-state index in [2.05, 4.69) is 65.2 Å². The Kier molecular flexibility index (Phi) is 3.80. The van der Waals surface area contributed by atoms with Gasteiger partial charge < -0.3 is 10.6 Å². The van der Waals surface area contributed by atoms with Crippen molar-refractivity contribution >= 4 is 5.69 Å². The van der Waals surface area contributed by atoms with E-state index in [4.69, 9.17) is 0 Å². The van der Waals surface area contributed by atoms with Gasteiger partial charge in [0.05, 0.1) is 0 Å². The van der Waals surface area contributed by atoms with Crippen LogP contribution in [0.4, 0.5) is 5.69 Å². The van der Waals surface area contributed by atoms with Crippen molar-refractivity contribution in [2.24, 2.45) is 0 Å². The quantitative estimate of drug-likeness (QED) is 0.771. The maximum absolute atomic E-state index is 3.61. The van der Waals surface area contributed by atoms with Crippen molar-refractivity contribution in [3.05, 3.63) is 66.2 Å². The minimum absolute atomic E-state index is 0.667. The van der Waals surface area contributed by atoms with Gasteiger partial charge in [-0.15, -0.1) is 0 Å². The highest BCUT2D eigenvalue weighted by Crippen LogP contribution is 2.40. The lowest BCUT2D eigenvalue weighted by atomic mass is 10.1. The molecule has 1 aliphatic carbocycles. The normalized spacial score (nSPS) is 21.1. The van der Waals surface area contributed by atoms with Crippen LogP contribution in [0.3, 0.4) is 0 Å². The lowest BCUT2D eigenvalue weighted by Gasteiger charge is -2.07. The maximum Gasteiger partial charge on any atom is 0.0340 e. The SMILES string of the molecule is c1ccc(NCCNC2CC2c2ccccc2)cc1. The second kappa shape index (κ2) is 5.89. The van der Waals surface area contributed by atoms with Gasteiger partial charge in [0.2, 0.25) is 0 Å². The summed E-state index contributed by atoms with van der Waals surface area (Å²) in [6.45, 7) is 1.99. The Bertz CT molecular complexity index is 495. The molecule has 2 aromatic carbocycles. The monoisotopic (exact) mass is 252 g/mol. The largest absolute Gasteiger partial charge is 0.384 e. The summed E-state index contributed by atoms with van der Waals surface area (Å²) in [4.78, 5) is 0. The van der Waals surface area contributed by atoms with Crippen LogP contribution >= 0.6 is 0 Å². The van der Waals surface area contributed by atoms with Gasteiger partial charge in [0.1, 0.15) is 0 Å². The second-order valence-corrected chi connectivity index (χ2v) is 5.11. The molecule has 0 spiro atoms. The van der Waals surface area contributed by atoms with Crippen LogP contribution in [-0.4, -0.2) is 19.1 Å². The molecule has 1 fully saturated rings. The Morgan fingerprint density at radius 2 is 1.53 bits per heavy atom. The maximum atomic E-state index is 3.61. The molecule has 0 aliphatic heterocycles. The van der Waals surface area contributed by atoms with E-state index in [0.29, 0.717) is 6.04 Å². The lowest BCUT2D eigenvalue weighted by molar-refractivity contribution is 0.686. The Labute approximate surface area is 114 Å². The van der Waals surface area contributed by atoms with Crippen molar-refractivity contribution in [1.82, 2.24) is 5.32 Å². The van der Waals surface area contributed by atoms with E-state index in [1.54, 1.807) is 0 Å². The fourth-order valence-corrected chi connectivity index (χ4v) is 2.51. The number of hydrogen-bond acceptors (Lipinski definition) is 2. The van der Waals surface area contributed by atoms with Gasteiger partial charge in [-0.25, -0.2) is 0 Å². The topological polar surface area (TPSA) is 24.1 Å². The van der Waals surface area contributed by atoms with Gasteiger partial charge >= 0.3 is 0 Å². The predicted octanol–water partition coefficient (Wildman–Crippen LogP) is 3.24. The van der Waals surface area contributed by atoms with Gasteiger partial charge in [0, 0.05) is 30.7 Å².